The molecular formula is C15H23NO2. The van der Waals surface area contributed by atoms with Crippen LogP contribution in [0.25, 0.3) is 0 Å². The molecule has 3 nitrogen and oxygen atoms in total. The highest BCUT2D eigenvalue weighted by atomic mass is 16.5. The maximum atomic E-state index is 6.49. The molecule has 0 amide bonds. The summed E-state index contributed by atoms with van der Waals surface area (Å²) in [5.74, 6) is 0.884. The summed E-state index contributed by atoms with van der Waals surface area (Å²) in [6, 6.07) is 8.23. The van der Waals surface area contributed by atoms with E-state index in [9.17, 15) is 0 Å². The Morgan fingerprint density at radius 2 is 1.72 bits per heavy atom. The van der Waals surface area contributed by atoms with E-state index in [1.165, 1.54) is 24.8 Å². The van der Waals surface area contributed by atoms with Gasteiger partial charge in [-0.25, -0.2) is 0 Å². The van der Waals surface area contributed by atoms with Crippen LogP contribution in [0.15, 0.2) is 24.3 Å². The third-order valence-corrected chi connectivity index (χ3v) is 3.73. The molecule has 2 N–H and O–H groups in total. The number of nitrogens with two attached hydrogens (primary N) is 1. The quantitative estimate of drug-likeness (QED) is 0.816. The van der Waals surface area contributed by atoms with Crippen LogP contribution in [0.2, 0.25) is 0 Å². The Morgan fingerprint density at radius 1 is 1.06 bits per heavy atom. The van der Waals surface area contributed by atoms with Gasteiger partial charge in [0.1, 0.15) is 12.4 Å². The monoisotopic (exact) mass is 249 g/mol. The van der Waals surface area contributed by atoms with Crippen molar-refractivity contribution in [2.45, 2.75) is 37.6 Å². The number of ether oxygens (including phenoxy) is 2. The molecule has 0 spiro atoms. The second-order valence-corrected chi connectivity index (χ2v) is 5.08. The van der Waals surface area contributed by atoms with E-state index in [2.05, 4.69) is 12.1 Å². The highest BCUT2D eigenvalue weighted by molar-refractivity contribution is 5.32. The van der Waals surface area contributed by atoms with E-state index in [0.717, 1.165) is 18.6 Å². The topological polar surface area (TPSA) is 44.5 Å². The summed E-state index contributed by atoms with van der Waals surface area (Å²) in [5.41, 5.74) is 7.61. The highest BCUT2D eigenvalue weighted by Gasteiger charge is 2.29. The summed E-state index contributed by atoms with van der Waals surface area (Å²) in [4.78, 5) is 0. The third-order valence-electron chi connectivity index (χ3n) is 3.73. The van der Waals surface area contributed by atoms with Gasteiger partial charge in [-0.2, -0.15) is 0 Å². The molecule has 0 bridgehead atoms. The molecule has 1 aliphatic carbocycles. The first-order chi connectivity index (χ1) is 8.74. The minimum atomic E-state index is -0.122. The maximum absolute atomic E-state index is 6.49. The standard InChI is InChI=1S/C15H23NO2/c1-17-11-12-18-14-7-5-13(6-8-14)15(16)9-3-2-4-10-15/h5-8H,2-4,9-12,16H2,1H3. The Hall–Kier alpha value is -1.06. The predicted molar refractivity (Wildman–Crippen MR) is 72.8 cm³/mol. The van der Waals surface area contributed by atoms with Crippen molar-refractivity contribution in [1.82, 2.24) is 0 Å². The molecule has 0 radical (unpaired) electrons. The van der Waals surface area contributed by atoms with E-state index in [1.807, 2.05) is 12.1 Å². The van der Waals surface area contributed by atoms with Crippen LogP contribution in [0.3, 0.4) is 0 Å². The minimum Gasteiger partial charge on any atom is -0.491 e. The van der Waals surface area contributed by atoms with Gasteiger partial charge in [0.2, 0.25) is 0 Å². The van der Waals surface area contributed by atoms with Crippen molar-refractivity contribution in [2.75, 3.05) is 20.3 Å². The molecule has 100 valence electrons. The molecule has 1 aromatic carbocycles. The Kier molecular flexibility index (Phi) is 4.61. The third kappa shape index (κ3) is 3.24. The van der Waals surface area contributed by atoms with E-state index in [-0.39, 0.29) is 5.54 Å². The van der Waals surface area contributed by atoms with Crippen LogP contribution in [-0.4, -0.2) is 20.3 Å². The van der Waals surface area contributed by atoms with Gasteiger partial charge in [-0.05, 0) is 30.5 Å². The van der Waals surface area contributed by atoms with Gasteiger partial charge in [0.25, 0.3) is 0 Å². The second-order valence-electron chi connectivity index (χ2n) is 5.08. The smallest absolute Gasteiger partial charge is 0.119 e. The van der Waals surface area contributed by atoms with Crippen LogP contribution >= 0.6 is 0 Å². The largest absolute Gasteiger partial charge is 0.491 e. The van der Waals surface area contributed by atoms with Crippen LogP contribution in [-0.2, 0) is 10.3 Å². The van der Waals surface area contributed by atoms with Crippen LogP contribution < -0.4 is 10.5 Å². The molecule has 0 heterocycles. The minimum absolute atomic E-state index is 0.122. The Labute approximate surface area is 109 Å². The van der Waals surface area contributed by atoms with Crippen LogP contribution in [0, 0.1) is 0 Å². The summed E-state index contributed by atoms with van der Waals surface area (Å²) in [5, 5.41) is 0. The van der Waals surface area contributed by atoms with Crippen molar-refractivity contribution in [1.29, 1.82) is 0 Å². The van der Waals surface area contributed by atoms with E-state index >= 15 is 0 Å². The van der Waals surface area contributed by atoms with Crippen LogP contribution in [0.4, 0.5) is 0 Å². The molecular weight excluding hydrogens is 226 g/mol. The first-order valence-corrected chi connectivity index (χ1v) is 6.76. The van der Waals surface area contributed by atoms with Crippen molar-refractivity contribution < 1.29 is 9.47 Å². The number of benzene rings is 1. The van der Waals surface area contributed by atoms with E-state index < -0.39 is 0 Å². The normalized spacial score (nSPS) is 18.6. The first-order valence-electron chi connectivity index (χ1n) is 6.76. The molecule has 1 aliphatic rings. The molecule has 0 unspecified atom stereocenters. The average molecular weight is 249 g/mol. The Balaban J connectivity index is 1.98. The number of rotatable bonds is 5. The summed E-state index contributed by atoms with van der Waals surface area (Å²) < 4.78 is 10.5. The molecule has 2 rings (SSSR count). The fourth-order valence-electron chi connectivity index (χ4n) is 2.60. The lowest BCUT2D eigenvalue weighted by molar-refractivity contribution is 0.146. The summed E-state index contributed by atoms with van der Waals surface area (Å²) in [7, 11) is 1.67. The first kappa shape index (κ1) is 13.4. The summed E-state index contributed by atoms with van der Waals surface area (Å²) in [6.07, 6.45) is 5.98. The number of hydrogen-bond donors (Lipinski definition) is 1. The van der Waals surface area contributed by atoms with E-state index in [4.69, 9.17) is 15.2 Å². The van der Waals surface area contributed by atoms with Gasteiger partial charge in [0, 0.05) is 12.6 Å². The fraction of sp³-hybridized carbons (Fsp3) is 0.600. The van der Waals surface area contributed by atoms with Gasteiger partial charge in [0.15, 0.2) is 0 Å². The zero-order valence-corrected chi connectivity index (χ0v) is 11.2. The van der Waals surface area contributed by atoms with Crippen molar-refractivity contribution >= 4 is 0 Å². The van der Waals surface area contributed by atoms with Gasteiger partial charge in [-0.3, -0.25) is 0 Å². The lowest BCUT2D eigenvalue weighted by Crippen LogP contribution is -2.38. The zero-order valence-electron chi connectivity index (χ0n) is 11.2. The molecule has 18 heavy (non-hydrogen) atoms. The van der Waals surface area contributed by atoms with Crippen LogP contribution in [0.1, 0.15) is 37.7 Å². The number of methoxy groups -OCH3 is 1. The summed E-state index contributed by atoms with van der Waals surface area (Å²) >= 11 is 0. The molecule has 0 aliphatic heterocycles. The predicted octanol–water partition coefficient (Wildman–Crippen LogP) is 2.83. The lowest BCUT2D eigenvalue weighted by atomic mass is 9.77. The molecule has 1 aromatic rings. The Morgan fingerprint density at radius 3 is 2.33 bits per heavy atom. The van der Waals surface area contributed by atoms with Gasteiger partial charge >= 0.3 is 0 Å². The lowest BCUT2D eigenvalue weighted by Gasteiger charge is -2.34. The van der Waals surface area contributed by atoms with Gasteiger partial charge in [-0.15, -0.1) is 0 Å². The van der Waals surface area contributed by atoms with Gasteiger partial charge in [-0.1, -0.05) is 31.4 Å². The molecule has 1 saturated carbocycles. The van der Waals surface area contributed by atoms with E-state index in [0.29, 0.717) is 13.2 Å². The Bertz CT molecular complexity index is 355. The molecule has 0 aromatic heterocycles. The van der Waals surface area contributed by atoms with Gasteiger partial charge in [0.05, 0.1) is 6.61 Å². The number of hydrogen-bond acceptors (Lipinski definition) is 3. The van der Waals surface area contributed by atoms with Crippen molar-refractivity contribution in [3.63, 3.8) is 0 Å². The van der Waals surface area contributed by atoms with Gasteiger partial charge < -0.3 is 15.2 Å². The summed E-state index contributed by atoms with van der Waals surface area (Å²) in [6.45, 7) is 1.20. The van der Waals surface area contributed by atoms with Crippen molar-refractivity contribution in [3.05, 3.63) is 29.8 Å². The molecule has 0 atom stereocenters. The van der Waals surface area contributed by atoms with Crippen molar-refractivity contribution in [2.24, 2.45) is 5.73 Å². The maximum Gasteiger partial charge on any atom is 0.119 e. The van der Waals surface area contributed by atoms with Crippen LogP contribution in [0.5, 0.6) is 5.75 Å². The highest BCUT2D eigenvalue weighted by Crippen LogP contribution is 2.35. The molecule has 3 heteroatoms. The zero-order chi connectivity index (χ0) is 12.8. The average Bonchev–Trinajstić information content (AvgIpc) is 2.41. The fourth-order valence-corrected chi connectivity index (χ4v) is 2.60. The molecule has 1 fully saturated rings. The second kappa shape index (κ2) is 6.21. The molecule has 0 saturated heterocycles. The SMILES string of the molecule is COCCOc1ccc(C2(N)CCCCC2)cc1. The van der Waals surface area contributed by atoms with Crippen molar-refractivity contribution in [3.8, 4) is 5.75 Å². The van der Waals surface area contributed by atoms with E-state index in [1.54, 1.807) is 7.11 Å².